The molecule has 3 nitrogen and oxygen atoms in total. The molecule has 1 amide bonds. The molecule has 0 aliphatic carbocycles. The number of amides is 1. The van der Waals surface area contributed by atoms with Gasteiger partial charge in [0.05, 0.1) is 0 Å². The van der Waals surface area contributed by atoms with Crippen LogP contribution in [0.4, 0.5) is 0 Å². The molecule has 4 heteroatoms. The van der Waals surface area contributed by atoms with Crippen LogP contribution >= 0.6 is 11.6 Å². The molecule has 1 aromatic carbocycles. The van der Waals surface area contributed by atoms with Crippen LogP contribution in [0.25, 0.3) is 0 Å². The first-order valence-electron chi connectivity index (χ1n) is 5.88. The lowest BCUT2D eigenvalue weighted by atomic mass is 9.87. The van der Waals surface area contributed by atoms with Crippen molar-refractivity contribution < 1.29 is 9.59 Å². The van der Waals surface area contributed by atoms with Crippen molar-refractivity contribution in [1.29, 1.82) is 0 Å². The van der Waals surface area contributed by atoms with Crippen molar-refractivity contribution in [3.63, 3.8) is 0 Å². The summed E-state index contributed by atoms with van der Waals surface area (Å²) in [4.78, 5) is 22.3. The molecule has 0 aromatic heterocycles. The summed E-state index contributed by atoms with van der Waals surface area (Å²) in [6, 6.07) is 7.47. The standard InChI is InChI=1S/C14H18ClNO2/c1-14(2,3)11-6-4-10(5-7-11)13(18)16-9-8-12(15)17/h4-7H,8-9H2,1-3H3,(H,16,18). The molecule has 0 saturated carbocycles. The quantitative estimate of drug-likeness (QED) is 0.853. The topological polar surface area (TPSA) is 46.2 Å². The van der Waals surface area contributed by atoms with Crippen LogP contribution in [0.3, 0.4) is 0 Å². The average molecular weight is 268 g/mol. The molecule has 0 saturated heterocycles. The Balaban J connectivity index is 2.62. The van der Waals surface area contributed by atoms with Crippen LogP contribution in [0.15, 0.2) is 24.3 Å². The van der Waals surface area contributed by atoms with Gasteiger partial charge in [-0.05, 0) is 34.7 Å². The van der Waals surface area contributed by atoms with Gasteiger partial charge in [-0.25, -0.2) is 0 Å². The largest absolute Gasteiger partial charge is 0.352 e. The minimum absolute atomic E-state index is 0.0695. The Labute approximate surface area is 113 Å². The highest BCUT2D eigenvalue weighted by Crippen LogP contribution is 2.22. The number of carbonyl (C=O) groups is 2. The summed E-state index contributed by atoms with van der Waals surface area (Å²) in [6.07, 6.45) is 0.146. The van der Waals surface area contributed by atoms with E-state index in [4.69, 9.17) is 11.6 Å². The average Bonchev–Trinajstić information content (AvgIpc) is 2.27. The van der Waals surface area contributed by atoms with E-state index < -0.39 is 5.24 Å². The molecule has 0 unspecified atom stereocenters. The molecular formula is C14H18ClNO2. The Hall–Kier alpha value is -1.35. The van der Waals surface area contributed by atoms with Crippen LogP contribution in [-0.2, 0) is 10.2 Å². The van der Waals surface area contributed by atoms with Crippen molar-refractivity contribution in [2.24, 2.45) is 0 Å². The third-order valence-corrected chi connectivity index (χ3v) is 2.81. The van der Waals surface area contributed by atoms with Crippen molar-refractivity contribution in [3.05, 3.63) is 35.4 Å². The first-order chi connectivity index (χ1) is 8.30. The number of halogens is 1. The van der Waals surface area contributed by atoms with Crippen LogP contribution in [0, 0.1) is 0 Å². The van der Waals surface area contributed by atoms with Gasteiger partial charge in [-0.3, -0.25) is 9.59 Å². The fourth-order valence-corrected chi connectivity index (χ4v) is 1.59. The monoisotopic (exact) mass is 267 g/mol. The Morgan fingerprint density at radius 3 is 2.17 bits per heavy atom. The first-order valence-corrected chi connectivity index (χ1v) is 6.25. The lowest BCUT2D eigenvalue weighted by molar-refractivity contribution is -0.111. The summed E-state index contributed by atoms with van der Waals surface area (Å²) in [6.45, 7) is 6.62. The third-order valence-electron chi connectivity index (χ3n) is 2.62. The Morgan fingerprint density at radius 2 is 1.72 bits per heavy atom. The van der Waals surface area contributed by atoms with E-state index in [1.807, 2.05) is 12.1 Å². The maximum Gasteiger partial charge on any atom is 0.251 e. The molecule has 1 rings (SSSR count). The van der Waals surface area contributed by atoms with Gasteiger partial charge < -0.3 is 5.32 Å². The summed E-state index contributed by atoms with van der Waals surface area (Å²) in [5, 5.41) is 2.20. The van der Waals surface area contributed by atoms with Crippen LogP contribution < -0.4 is 5.32 Å². The van der Waals surface area contributed by atoms with E-state index in [1.54, 1.807) is 12.1 Å². The Bertz CT molecular complexity index is 432. The predicted octanol–water partition coefficient (Wildman–Crippen LogP) is 2.87. The molecule has 0 bridgehead atoms. The number of carbonyl (C=O) groups excluding carboxylic acids is 2. The number of rotatable bonds is 4. The second-order valence-corrected chi connectivity index (χ2v) is 5.61. The summed E-state index contributed by atoms with van der Waals surface area (Å²) < 4.78 is 0. The number of hydrogen-bond donors (Lipinski definition) is 1. The summed E-state index contributed by atoms with van der Waals surface area (Å²) in [7, 11) is 0. The van der Waals surface area contributed by atoms with Crippen molar-refractivity contribution >= 4 is 22.8 Å². The summed E-state index contributed by atoms with van der Waals surface area (Å²) >= 11 is 5.19. The molecule has 0 aliphatic rings. The van der Waals surface area contributed by atoms with Crippen LogP contribution in [0.5, 0.6) is 0 Å². The third kappa shape index (κ3) is 4.49. The van der Waals surface area contributed by atoms with Crippen molar-refractivity contribution in [3.8, 4) is 0 Å². The predicted molar refractivity (Wildman–Crippen MR) is 73.0 cm³/mol. The van der Waals surface area contributed by atoms with Gasteiger partial charge in [-0.2, -0.15) is 0 Å². The van der Waals surface area contributed by atoms with E-state index in [0.29, 0.717) is 5.56 Å². The molecule has 18 heavy (non-hydrogen) atoms. The highest BCUT2D eigenvalue weighted by Gasteiger charge is 2.14. The molecule has 0 atom stereocenters. The number of hydrogen-bond acceptors (Lipinski definition) is 2. The molecule has 1 N–H and O–H groups in total. The Kier molecular flexibility index (Phi) is 4.91. The summed E-state index contributed by atoms with van der Waals surface area (Å²) in [5.74, 6) is -0.187. The van der Waals surface area contributed by atoms with E-state index in [2.05, 4.69) is 26.1 Å². The van der Waals surface area contributed by atoms with E-state index in [9.17, 15) is 9.59 Å². The van der Waals surface area contributed by atoms with Gasteiger partial charge in [-0.15, -0.1) is 0 Å². The zero-order valence-electron chi connectivity index (χ0n) is 10.9. The molecule has 98 valence electrons. The molecular weight excluding hydrogens is 250 g/mol. The summed E-state index contributed by atoms with van der Waals surface area (Å²) in [5.41, 5.74) is 1.83. The molecule has 0 radical (unpaired) electrons. The number of benzene rings is 1. The second-order valence-electron chi connectivity index (χ2n) is 5.19. The molecule has 0 spiro atoms. The highest BCUT2D eigenvalue weighted by molar-refractivity contribution is 6.63. The van der Waals surface area contributed by atoms with E-state index in [0.717, 1.165) is 0 Å². The maximum absolute atomic E-state index is 11.7. The normalized spacial score (nSPS) is 11.1. The van der Waals surface area contributed by atoms with Gasteiger partial charge in [0, 0.05) is 18.5 Å². The maximum atomic E-state index is 11.7. The lowest BCUT2D eigenvalue weighted by Crippen LogP contribution is -2.25. The van der Waals surface area contributed by atoms with Crippen molar-refractivity contribution in [2.75, 3.05) is 6.54 Å². The zero-order chi connectivity index (χ0) is 13.8. The van der Waals surface area contributed by atoms with E-state index in [1.165, 1.54) is 5.56 Å². The highest BCUT2D eigenvalue weighted by atomic mass is 35.5. The smallest absolute Gasteiger partial charge is 0.251 e. The zero-order valence-corrected chi connectivity index (χ0v) is 11.7. The van der Waals surface area contributed by atoms with Gasteiger partial charge in [0.1, 0.15) is 0 Å². The fraction of sp³-hybridized carbons (Fsp3) is 0.429. The SMILES string of the molecule is CC(C)(C)c1ccc(C(=O)NCCC(=O)Cl)cc1. The minimum Gasteiger partial charge on any atom is -0.352 e. The minimum atomic E-state index is -0.446. The van der Waals surface area contributed by atoms with Crippen molar-refractivity contribution in [2.45, 2.75) is 32.6 Å². The van der Waals surface area contributed by atoms with Crippen molar-refractivity contribution in [1.82, 2.24) is 5.32 Å². The Morgan fingerprint density at radius 1 is 1.17 bits per heavy atom. The number of nitrogens with one attached hydrogen (secondary N) is 1. The van der Waals surface area contributed by atoms with E-state index >= 15 is 0 Å². The molecule has 0 fully saturated rings. The van der Waals surface area contributed by atoms with Gasteiger partial charge >= 0.3 is 0 Å². The van der Waals surface area contributed by atoms with Crippen LogP contribution in [0.2, 0.25) is 0 Å². The van der Waals surface area contributed by atoms with Crippen LogP contribution in [-0.4, -0.2) is 17.7 Å². The van der Waals surface area contributed by atoms with Crippen LogP contribution in [0.1, 0.15) is 43.1 Å². The first kappa shape index (κ1) is 14.7. The van der Waals surface area contributed by atoms with E-state index in [-0.39, 0.29) is 24.3 Å². The van der Waals surface area contributed by atoms with Gasteiger partial charge in [0.2, 0.25) is 5.24 Å². The van der Waals surface area contributed by atoms with Gasteiger partial charge in [0.15, 0.2) is 0 Å². The van der Waals surface area contributed by atoms with Gasteiger partial charge in [0.25, 0.3) is 5.91 Å². The second kappa shape index (κ2) is 6.01. The molecule has 0 heterocycles. The molecule has 0 aliphatic heterocycles. The fourth-order valence-electron chi connectivity index (χ4n) is 1.50. The van der Waals surface area contributed by atoms with Gasteiger partial charge in [-0.1, -0.05) is 32.9 Å². The molecule has 1 aromatic rings. The lowest BCUT2D eigenvalue weighted by Gasteiger charge is -2.19.